The minimum absolute atomic E-state index is 0.0888. The third-order valence-electron chi connectivity index (χ3n) is 3.30. The van der Waals surface area contributed by atoms with Gasteiger partial charge in [0.25, 0.3) is 5.69 Å². The zero-order chi connectivity index (χ0) is 18.2. The third-order valence-corrected chi connectivity index (χ3v) is 3.64. The topological polar surface area (TPSA) is 78.7 Å². The Labute approximate surface area is 149 Å². The van der Waals surface area contributed by atoms with Crippen LogP contribution in [0.2, 0.25) is 5.02 Å². The highest BCUT2D eigenvalue weighted by atomic mass is 35.5. The SMILES string of the molecule is COCCOc1ccc(C(=O)/C=C/c2cc([N+](=O)[O-])ccc2Cl)cc1. The summed E-state index contributed by atoms with van der Waals surface area (Å²) in [5, 5.41) is 11.1. The molecule has 0 saturated heterocycles. The third kappa shape index (κ3) is 5.41. The number of non-ortho nitro benzene ring substituents is 1. The fraction of sp³-hybridized carbons (Fsp3) is 0.167. The fourth-order valence-corrected chi connectivity index (χ4v) is 2.17. The highest BCUT2D eigenvalue weighted by molar-refractivity contribution is 6.32. The highest BCUT2D eigenvalue weighted by Gasteiger charge is 2.09. The van der Waals surface area contributed by atoms with Crippen molar-refractivity contribution in [3.8, 4) is 5.75 Å². The van der Waals surface area contributed by atoms with Crippen LogP contribution in [0.4, 0.5) is 5.69 Å². The van der Waals surface area contributed by atoms with Crippen LogP contribution in [0, 0.1) is 10.1 Å². The van der Waals surface area contributed by atoms with E-state index in [0.717, 1.165) is 0 Å². The zero-order valence-electron chi connectivity index (χ0n) is 13.5. The standard InChI is InChI=1S/C18H16ClNO5/c1-24-10-11-25-16-6-2-13(3-7-16)18(21)9-4-14-12-15(20(22)23)5-8-17(14)19/h2-9,12H,10-11H2,1H3/b9-4+. The molecule has 0 radical (unpaired) electrons. The van der Waals surface area contributed by atoms with Gasteiger partial charge in [0, 0.05) is 29.8 Å². The van der Waals surface area contributed by atoms with Crippen molar-refractivity contribution in [2.75, 3.05) is 20.3 Å². The number of methoxy groups -OCH3 is 1. The second kappa shape index (κ2) is 8.96. The molecule has 0 unspecified atom stereocenters. The van der Waals surface area contributed by atoms with E-state index in [-0.39, 0.29) is 11.5 Å². The van der Waals surface area contributed by atoms with Gasteiger partial charge in [-0.1, -0.05) is 11.6 Å². The van der Waals surface area contributed by atoms with E-state index >= 15 is 0 Å². The molecule has 2 aromatic carbocycles. The van der Waals surface area contributed by atoms with Crippen molar-refractivity contribution in [3.05, 3.63) is 74.8 Å². The van der Waals surface area contributed by atoms with Crippen LogP contribution in [0.5, 0.6) is 5.75 Å². The molecule has 0 aromatic heterocycles. The summed E-state index contributed by atoms with van der Waals surface area (Å²) < 4.78 is 10.3. The molecule has 0 N–H and O–H groups in total. The number of halogens is 1. The molecule has 0 heterocycles. The Morgan fingerprint density at radius 1 is 1.20 bits per heavy atom. The molecule has 130 valence electrons. The first-order valence-corrected chi connectivity index (χ1v) is 7.77. The van der Waals surface area contributed by atoms with Gasteiger partial charge in [0.15, 0.2) is 5.78 Å². The van der Waals surface area contributed by atoms with E-state index < -0.39 is 4.92 Å². The summed E-state index contributed by atoms with van der Waals surface area (Å²) in [6, 6.07) is 10.7. The number of benzene rings is 2. The van der Waals surface area contributed by atoms with Gasteiger partial charge in [-0.25, -0.2) is 0 Å². The van der Waals surface area contributed by atoms with Crippen LogP contribution in [-0.2, 0) is 4.74 Å². The zero-order valence-corrected chi connectivity index (χ0v) is 14.2. The first kappa shape index (κ1) is 18.6. The molecule has 0 fully saturated rings. The number of allylic oxidation sites excluding steroid dienone is 1. The first-order valence-electron chi connectivity index (χ1n) is 7.39. The lowest BCUT2D eigenvalue weighted by atomic mass is 10.1. The van der Waals surface area contributed by atoms with Crippen molar-refractivity contribution in [1.82, 2.24) is 0 Å². The van der Waals surface area contributed by atoms with E-state index in [1.54, 1.807) is 31.4 Å². The van der Waals surface area contributed by atoms with E-state index in [1.807, 2.05) is 0 Å². The number of nitrogens with zero attached hydrogens (tertiary/aromatic N) is 1. The fourth-order valence-electron chi connectivity index (χ4n) is 1.99. The summed E-state index contributed by atoms with van der Waals surface area (Å²) in [6.45, 7) is 0.905. The number of ether oxygens (including phenoxy) is 2. The Morgan fingerprint density at radius 2 is 1.92 bits per heavy atom. The first-order chi connectivity index (χ1) is 12.0. The molecule has 6 nitrogen and oxygen atoms in total. The van der Waals surface area contributed by atoms with Crippen molar-refractivity contribution in [1.29, 1.82) is 0 Å². The number of nitro benzene ring substituents is 1. The number of rotatable bonds is 8. The van der Waals surface area contributed by atoms with Gasteiger partial charge in [-0.15, -0.1) is 0 Å². The number of nitro groups is 1. The van der Waals surface area contributed by atoms with Gasteiger partial charge in [-0.3, -0.25) is 14.9 Å². The molecule has 0 aliphatic carbocycles. The average molecular weight is 362 g/mol. The smallest absolute Gasteiger partial charge is 0.270 e. The molecule has 0 amide bonds. The minimum Gasteiger partial charge on any atom is -0.491 e. The quantitative estimate of drug-likeness (QED) is 0.232. The molecule has 2 aromatic rings. The Morgan fingerprint density at radius 3 is 2.56 bits per heavy atom. The summed E-state index contributed by atoms with van der Waals surface area (Å²) in [5.74, 6) is 0.394. The van der Waals surface area contributed by atoms with Crippen LogP contribution in [-0.4, -0.2) is 31.0 Å². The van der Waals surface area contributed by atoms with Crippen LogP contribution in [0.3, 0.4) is 0 Å². The second-order valence-electron chi connectivity index (χ2n) is 5.03. The molecule has 0 atom stereocenters. The predicted octanol–water partition coefficient (Wildman–Crippen LogP) is 4.17. The van der Waals surface area contributed by atoms with E-state index in [9.17, 15) is 14.9 Å². The van der Waals surface area contributed by atoms with Crippen LogP contribution >= 0.6 is 11.6 Å². The molecular weight excluding hydrogens is 346 g/mol. The maximum absolute atomic E-state index is 12.2. The lowest BCUT2D eigenvalue weighted by Crippen LogP contribution is -2.04. The number of carbonyl (C=O) groups excluding carboxylic acids is 1. The van der Waals surface area contributed by atoms with Crippen molar-refractivity contribution in [3.63, 3.8) is 0 Å². The number of hydrogen-bond donors (Lipinski definition) is 0. The Balaban J connectivity index is 2.07. The molecule has 0 aliphatic rings. The van der Waals surface area contributed by atoms with Crippen molar-refractivity contribution in [2.45, 2.75) is 0 Å². The van der Waals surface area contributed by atoms with Gasteiger partial charge in [0.2, 0.25) is 0 Å². The van der Waals surface area contributed by atoms with Gasteiger partial charge >= 0.3 is 0 Å². The van der Waals surface area contributed by atoms with Crippen LogP contribution in [0.25, 0.3) is 6.08 Å². The second-order valence-corrected chi connectivity index (χ2v) is 5.43. The number of carbonyl (C=O) groups is 1. The molecule has 0 bridgehead atoms. The summed E-state index contributed by atoms with van der Waals surface area (Å²) in [7, 11) is 1.59. The normalized spacial score (nSPS) is 10.8. The maximum atomic E-state index is 12.2. The summed E-state index contributed by atoms with van der Waals surface area (Å²) in [5.41, 5.74) is 0.787. The Bertz CT molecular complexity index is 787. The average Bonchev–Trinajstić information content (AvgIpc) is 2.61. The van der Waals surface area contributed by atoms with Crippen molar-refractivity contribution >= 4 is 29.1 Å². The predicted molar refractivity (Wildman–Crippen MR) is 95.3 cm³/mol. The molecule has 0 spiro atoms. The molecule has 0 saturated carbocycles. The molecule has 2 rings (SSSR count). The van der Waals surface area contributed by atoms with Crippen LogP contribution < -0.4 is 4.74 Å². The molecule has 25 heavy (non-hydrogen) atoms. The summed E-state index contributed by atoms with van der Waals surface area (Å²) in [4.78, 5) is 22.5. The van der Waals surface area contributed by atoms with Gasteiger partial charge < -0.3 is 9.47 Å². The lowest BCUT2D eigenvalue weighted by Gasteiger charge is -2.05. The van der Waals surface area contributed by atoms with Gasteiger partial charge in [-0.2, -0.15) is 0 Å². The molecular formula is C18H16ClNO5. The van der Waals surface area contributed by atoms with Crippen molar-refractivity contribution < 1.29 is 19.2 Å². The lowest BCUT2D eigenvalue weighted by molar-refractivity contribution is -0.384. The van der Waals surface area contributed by atoms with Crippen LogP contribution in [0.15, 0.2) is 48.5 Å². The number of ketones is 1. The maximum Gasteiger partial charge on any atom is 0.270 e. The monoisotopic (exact) mass is 361 g/mol. The largest absolute Gasteiger partial charge is 0.491 e. The van der Waals surface area contributed by atoms with Gasteiger partial charge in [0.1, 0.15) is 12.4 Å². The Kier molecular flexibility index (Phi) is 6.68. The van der Waals surface area contributed by atoms with E-state index in [0.29, 0.717) is 35.1 Å². The van der Waals surface area contributed by atoms with Gasteiger partial charge in [-0.05, 0) is 48.0 Å². The van der Waals surface area contributed by atoms with E-state index in [4.69, 9.17) is 21.1 Å². The highest BCUT2D eigenvalue weighted by Crippen LogP contribution is 2.23. The molecule has 0 aliphatic heterocycles. The molecule has 7 heteroatoms. The van der Waals surface area contributed by atoms with E-state index in [1.165, 1.54) is 30.4 Å². The van der Waals surface area contributed by atoms with Crippen molar-refractivity contribution in [2.24, 2.45) is 0 Å². The number of hydrogen-bond acceptors (Lipinski definition) is 5. The minimum atomic E-state index is -0.516. The van der Waals surface area contributed by atoms with Crippen LogP contribution in [0.1, 0.15) is 15.9 Å². The Hall–Kier alpha value is -2.70. The summed E-state index contributed by atoms with van der Waals surface area (Å²) >= 11 is 6.00. The van der Waals surface area contributed by atoms with E-state index in [2.05, 4.69) is 0 Å². The van der Waals surface area contributed by atoms with Gasteiger partial charge in [0.05, 0.1) is 11.5 Å². The summed E-state index contributed by atoms with van der Waals surface area (Å²) in [6.07, 6.45) is 2.78.